The van der Waals surface area contributed by atoms with Gasteiger partial charge in [-0.25, -0.2) is 33.7 Å². The Bertz CT molecular complexity index is 1900. The topological polar surface area (TPSA) is 161 Å². The largest absolute Gasteiger partial charge is 0.254 e. The molecule has 38 heavy (non-hydrogen) atoms. The summed E-state index contributed by atoms with van der Waals surface area (Å²) in [6, 6.07) is 24.2. The minimum Gasteiger partial charge on any atom is -0.206 e. The molecule has 198 valence electrons. The SMILES string of the molecule is O=S(=O)(NS(=O)(=O)c1ccc(S(=O)(=O)NS(=O)(=O)c2ccccc2)c(-c2ccccc2)c1)c1ccccc1. The van der Waals surface area contributed by atoms with Crippen molar-refractivity contribution in [3.63, 3.8) is 0 Å². The van der Waals surface area contributed by atoms with Gasteiger partial charge in [0.05, 0.1) is 19.6 Å². The molecule has 4 aromatic rings. The van der Waals surface area contributed by atoms with Crippen LogP contribution in [0.15, 0.2) is 129 Å². The van der Waals surface area contributed by atoms with Crippen molar-refractivity contribution < 1.29 is 33.7 Å². The molecular formula is C24H20N2O8S4. The molecular weight excluding hydrogens is 573 g/mol. The minimum atomic E-state index is -4.76. The van der Waals surface area contributed by atoms with Gasteiger partial charge in [0.25, 0.3) is 40.1 Å². The maximum atomic E-state index is 13.2. The summed E-state index contributed by atoms with van der Waals surface area (Å²) in [6.07, 6.45) is 0. The average molecular weight is 593 g/mol. The average Bonchev–Trinajstić information content (AvgIpc) is 2.89. The van der Waals surface area contributed by atoms with E-state index in [0.29, 0.717) is 0 Å². The fourth-order valence-electron chi connectivity index (χ4n) is 3.43. The molecule has 4 rings (SSSR count). The monoisotopic (exact) mass is 592 g/mol. The molecule has 0 amide bonds. The fourth-order valence-corrected chi connectivity index (χ4v) is 9.52. The van der Waals surface area contributed by atoms with E-state index in [9.17, 15) is 33.7 Å². The van der Waals surface area contributed by atoms with Gasteiger partial charge in [0, 0.05) is 5.56 Å². The third-order valence-corrected chi connectivity index (χ3v) is 12.3. The third-order valence-electron chi connectivity index (χ3n) is 5.18. The first-order valence-corrected chi connectivity index (χ1v) is 16.6. The van der Waals surface area contributed by atoms with Crippen LogP contribution in [0.2, 0.25) is 0 Å². The van der Waals surface area contributed by atoms with Crippen LogP contribution in [-0.2, 0) is 40.1 Å². The van der Waals surface area contributed by atoms with Crippen LogP contribution in [-0.4, -0.2) is 33.7 Å². The highest BCUT2D eigenvalue weighted by atomic mass is 32.3. The molecule has 0 aliphatic heterocycles. The molecule has 10 nitrogen and oxygen atoms in total. The third kappa shape index (κ3) is 6.01. The Labute approximate surface area is 221 Å². The van der Waals surface area contributed by atoms with E-state index in [2.05, 4.69) is 0 Å². The molecule has 0 bridgehead atoms. The fraction of sp³-hybridized carbons (Fsp3) is 0. The maximum Gasteiger partial charge on any atom is 0.254 e. The van der Waals surface area contributed by atoms with Crippen LogP contribution in [0.3, 0.4) is 0 Å². The van der Waals surface area contributed by atoms with E-state index in [1.54, 1.807) is 38.6 Å². The Kier molecular flexibility index (Phi) is 7.56. The summed E-state index contributed by atoms with van der Waals surface area (Å²) in [6.45, 7) is 0. The quantitative estimate of drug-likeness (QED) is 0.300. The van der Waals surface area contributed by atoms with Crippen molar-refractivity contribution in [3.8, 4) is 11.1 Å². The van der Waals surface area contributed by atoms with Gasteiger partial charge in [-0.1, -0.05) is 66.7 Å². The van der Waals surface area contributed by atoms with Crippen LogP contribution in [0.4, 0.5) is 0 Å². The van der Waals surface area contributed by atoms with Gasteiger partial charge < -0.3 is 0 Å². The van der Waals surface area contributed by atoms with Gasteiger partial charge in [-0.15, -0.1) is 8.25 Å². The Hall–Kier alpha value is -3.40. The number of rotatable bonds is 9. The van der Waals surface area contributed by atoms with E-state index in [0.717, 1.165) is 18.2 Å². The number of benzene rings is 4. The molecule has 0 unspecified atom stereocenters. The number of sulfonamides is 4. The summed E-state index contributed by atoms with van der Waals surface area (Å²) in [5, 5.41) is 0. The maximum absolute atomic E-state index is 13.2. The van der Waals surface area contributed by atoms with Crippen LogP contribution in [0.1, 0.15) is 0 Å². The summed E-state index contributed by atoms with van der Waals surface area (Å²) in [4.78, 5) is -1.67. The lowest BCUT2D eigenvalue weighted by molar-refractivity contribution is 0.572. The molecule has 0 heterocycles. The lowest BCUT2D eigenvalue weighted by Crippen LogP contribution is -2.32. The van der Waals surface area contributed by atoms with Gasteiger partial charge in [-0.3, -0.25) is 0 Å². The number of nitrogens with one attached hydrogen (secondary N) is 2. The van der Waals surface area contributed by atoms with Gasteiger partial charge in [0.2, 0.25) is 0 Å². The summed E-state index contributed by atoms with van der Waals surface area (Å²) in [5.41, 5.74) is 0.0781. The van der Waals surface area contributed by atoms with Gasteiger partial charge in [0.1, 0.15) is 0 Å². The first-order valence-electron chi connectivity index (χ1n) is 10.7. The highest BCUT2D eigenvalue weighted by Crippen LogP contribution is 2.31. The molecule has 0 saturated heterocycles. The molecule has 0 radical (unpaired) electrons. The predicted molar refractivity (Wildman–Crippen MR) is 140 cm³/mol. The van der Waals surface area contributed by atoms with Crippen LogP contribution in [0, 0.1) is 0 Å². The summed E-state index contributed by atoms with van der Waals surface area (Å²) in [5.74, 6) is 0. The highest BCUT2D eigenvalue weighted by Gasteiger charge is 2.30. The molecule has 0 aliphatic rings. The minimum absolute atomic E-state index is 0.165. The Morgan fingerprint density at radius 2 is 0.789 bits per heavy atom. The van der Waals surface area contributed by atoms with E-state index in [1.165, 1.54) is 60.7 Å². The molecule has 0 spiro atoms. The van der Waals surface area contributed by atoms with E-state index >= 15 is 0 Å². The molecule has 0 aliphatic carbocycles. The van der Waals surface area contributed by atoms with Crippen molar-refractivity contribution in [2.75, 3.05) is 0 Å². The van der Waals surface area contributed by atoms with Crippen molar-refractivity contribution in [2.45, 2.75) is 19.6 Å². The summed E-state index contributed by atoms with van der Waals surface area (Å²) < 4.78 is 107. The van der Waals surface area contributed by atoms with Gasteiger partial charge in [-0.05, 0) is 48.0 Å². The first-order chi connectivity index (χ1) is 17.8. The zero-order chi connectivity index (χ0) is 27.6. The molecule has 0 saturated carbocycles. The normalized spacial score (nSPS) is 12.7. The Morgan fingerprint density at radius 3 is 1.26 bits per heavy atom. The smallest absolute Gasteiger partial charge is 0.206 e. The zero-order valence-electron chi connectivity index (χ0n) is 19.3. The van der Waals surface area contributed by atoms with Gasteiger partial charge >= 0.3 is 0 Å². The molecule has 0 atom stereocenters. The lowest BCUT2D eigenvalue weighted by atomic mass is 10.1. The van der Waals surface area contributed by atoms with Crippen molar-refractivity contribution in [1.82, 2.24) is 8.25 Å². The van der Waals surface area contributed by atoms with Crippen molar-refractivity contribution in [2.24, 2.45) is 0 Å². The van der Waals surface area contributed by atoms with E-state index in [-0.39, 0.29) is 20.9 Å². The molecule has 0 aromatic heterocycles. The van der Waals surface area contributed by atoms with Crippen LogP contribution < -0.4 is 8.25 Å². The molecule has 2 N–H and O–H groups in total. The molecule has 4 aromatic carbocycles. The van der Waals surface area contributed by atoms with Crippen LogP contribution >= 0.6 is 0 Å². The van der Waals surface area contributed by atoms with Gasteiger partial charge in [0.15, 0.2) is 0 Å². The van der Waals surface area contributed by atoms with E-state index < -0.39 is 49.9 Å². The molecule has 14 heteroatoms. The highest BCUT2D eigenvalue weighted by molar-refractivity contribution is 8.05. The number of hydrogen-bond donors (Lipinski definition) is 2. The second kappa shape index (κ2) is 10.4. The van der Waals surface area contributed by atoms with Crippen molar-refractivity contribution >= 4 is 40.1 Å². The first kappa shape index (κ1) is 27.6. The van der Waals surface area contributed by atoms with Crippen LogP contribution in [0.5, 0.6) is 0 Å². The van der Waals surface area contributed by atoms with E-state index in [1.807, 2.05) is 0 Å². The predicted octanol–water partition coefficient (Wildman–Crippen LogP) is 2.69. The second-order valence-electron chi connectivity index (χ2n) is 7.83. The van der Waals surface area contributed by atoms with E-state index in [4.69, 9.17) is 0 Å². The number of hydrogen-bond acceptors (Lipinski definition) is 8. The zero-order valence-corrected chi connectivity index (χ0v) is 22.6. The summed E-state index contributed by atoms with van der Waals surface area (Å²) in [7, 11) is -18.5. The molecule has 0 fully saturated rings. The van der Waals surface area contributed by atoms with Gasteiger partial charge in [-0.2, -0.15) is 0 Å². The Balaban J connectivity index is 1.80. The summed E-state index contributed by atoms with van der Waals surface area (Å²) >= 11 is 0. The van der Waals surface area contributed by atoms with Crippen LogP contribution in [0.25, 0.3) is 11.1 Å². The standard InChI is InChI=1S/C24H20N2O8S4/c27-35(28,20-12-6-2-7-13-20)25-37(31,32)22-16-17-24(23(18-22)19-10-4-1-5-11-19)38(33,34)26-36(29,30)21-14-8-3-9-15-21/h1-18,25-26H. The Morgan fingerprint density at radius 1 is 0.395 bits per heavy atom. The second-order valence-corrected chi connectivity index (χ2v) is 15.0. The lowest BCUT2D eigenvalue weighted by Gasteiger charge is -2.15. The van der Waals surface area contributed by atoms with Crippen molar-refractivity contribution in [3.05, 3.63) is 109 Å². The van der Waals surface area contributed by atoms with Crippen molar-refractivity contribution in [1.29, 1.82) is 0 Å².